The number of carbonyl (C=O) groups is 1. The van der Waals surface area contributed by atoms with Gasteiger partial charge in [0.25, 0.3) is 0 Å². The fraction of sp³-hybridized carbons (Fsp3) is 0.211. The number of carbonyl (C=O) groups excluding carboxylic acids is 1. The quantitative estimate of drug-likeness (QED) is 0.823. The number of phenols is 1. The summed E-state index contributed by atoms with van der Waals surface area (Å²) < 4.78 is 26.4. The predicted molar refractivity (Wildman–Crippen MR) is 93.7 cm³/mol. The lowest BCUT2D eigenvalue weighted by molar-refractivity contribution is 0.101. The zero-order valence-corrected chi connectivity index (χ0v) is 14.8. The number of hydrogen-bond acceptors (Lipinski definition) is 7. The number of ketones is 1. The summed E-state index contributed by atoms with van der Waals surface area (Å²) in [5.74, 6) is 1.36. The van der Waals surface area contributed by atoms with Crippen molar-refractivity contribution in [1.29, 1.82) is 0 Å². The number of hydrogen-bond donors (Lipinski definition) is 1. The molecule has 0 amide bonds. The number of fused-ring (bicyclic) bond motifs is 1. The molecule has 0 spiro atoms. The summed E-state index contributed by atoms with van der Waals surface area (Å²) in [7, 11) is 5.84. The smallest absolute Gasteiger partial charge is 0.235 e. The van der Waals surface area contributed by atoms with E-state index in [1.54, 1.807) is 30.3 Å². The number of ether oxygens (including phenoxy) is 5. The molecule has 7 heteroatoms. The third-order valence-corrected chi connectivity index (χ3v) is 3.97. The first-order chi connectivity index (χ1) is 12.5. The molecule has 0 bridgehead atoms. The van der Waals surface area contributed by atoms with E-state index in [1.165, 1.54) is 28.4 Å². The van der Waals surface area contributed by atoms with Gasteiger partial charge in [-0.2, -0.15) is 0 Å². The van der Waals surface area contributed by atoms with Gasteiger partial charge < -0.3 is 28.8 Å². The summed E-state index contributed by atoms with van der Waals surface area (Å²) in [6, 6.07) is 6.38. The van der Waals surface area contributed by atoms with Gasteiger partial charge in [0.15, 0.2) is 17.3 Å². The van der Waals surface area contributed by atoms with Gasteiger partial charge in [-0.3, -0.25) is 4.79 Å². The highest BCUT2D eigenvalue weighted by molar-refractivity contribution is 6.16. The zero-order chi connectivity index (χ0) is 18.8. The van der Waals surface area contributed by atoms with E-state index < -0.39 is 0 Å². The molecule has 26 heavy (non-hydrogen) atoms. The SMILES string of the molecule is COc1cc(OC)c2c(c1)O/C(=C\c1cc(OC)c(O)c(OC)c1)C2=O. The average molecular weight is 358 g/mol. The highest BCUT2D eigenvalue weighted by Gasteiger charge is 2.32. The average Bonchev–Trinajstić information content (AvgIpc) is 2.97. The van der Waals surface area contributed by atoms with Crippen LogP contribution in [0, 0.1) is 0 Å². The number of benzene rings is 2. The largest absolute Gasteiger partial charge is 0.502 e. The van der Waals surface area contributed by atoms with E-state index in [0.717, 1.165) is 0 Å². The Balaban J connectivity index is 2.05. The van der Waals surface area contributed by atoms with Crippen LogP contribution in [0.5, 0.6) is 34.5 Å². The van der Waals surface area contributed by atoms with Crippen LogP contribution in [0.4, 0.5) is 0 Å². The number of rotatable bonds is 5. The van der Waals surface area contributed by atoms with Crippen LogP contribution in [0.1, 0.15) is 15.9 Å². The van der Waals surface area contributed by atoms with Crippen molar-refractivity contribution in [2.75, 3.05) is 28.4 Å². The van der Waals surface area contributed by atoms with Crippen LogP contribution in [0.2, 0.25) is 0 Å². The van der Waals surface area contributed by atoms with Gasteiger partial charge in [0.2, 0.25) is 11.5 Å². The lowest BCUT2D eigenvalue weighted by Crippen LogP contribution is -2.00. The highest BCUT2D eigenvalue weighted by Crippen LogP contribution is 2.42. The molecule has 0 fully saturated rings. The molecule has 136 valence electrons. The standard InChI is InChI=1S/C19H18O7/c1-22-11-8-12(23-2)17-13(9-11)26-16(19(17)21)7-10-5-14(24-3)18(20)15(6-10)25-4/h5-9,20H,1-4H3/b16-7-. The Kier molecular flexibility index (Phi) is 4.62. The first kappa shape index (κ1) is 17.5. The van der Waals surface area contributed by atoms with Crippen LogP contribution >= 0.6 is 0 Å². The second-order valence-corrected chi connectivity index (χ2v) is 5.42. The lowest BCUT2D eigenvalue weighted by Gasteiger charge is -2.09. The van der Waals surface area contributed by atoms with Crippen LogP contribution in [-0.4, -0.2) is 39.3 Å². The van der Waals surface area contributed by atoms with E-state index >= 15 is 0 Å². The molecule has 1 aliphatic heterocycles. The number of phenolic OH excluding ortho intramolecular Hbond substituents is 1. The summed E-state index contributed by atoms with van der Waals surface area (Å²) in [6.45, 7) is 0. The first-order valence-electron chi connectivity index (χ1n) is 7.67. The second-order valence-electron chi connectivity index (χ2n) is 5.42. The number of Topliss-reactive ketones (excluding diaryl/α,β-unsaturated/α-hetero) is 1. The van der Waals surface area contributed by atoms with Crippen LogP contribution in [0.3, 0.4) is 0 Å². The van der Waals surface area contributed by atoms with Crippen LogP contribution in [0.25, 0.3) is 6.08 Å². The molecule has 0 aromatic heterocycles. The zero-order valence-electron chi connectivity index (χ0n) is 14.8. The third-order valence-electron chi connectivity index (χ3n) is 3.97. The molecule has 0 saturated carbocycles. The Hall–Kier alpha value is -3.35. The van der Waals surface area contributed by atoms with Gasteiger partial charge in [-0.15, -0.1) is 0 Å². The van der Waals surface area contributed by atoms with Gasteiger partial charge in [-0.25, -0.2) is 0 Å². The molecule has 1 heterocycles. The van der Waals surface area contributed by atoms with Crippen molar-refractivity contribution >= 4 is 11.9 Å². The maximum absolute atomic E-state index is 12.7. The molecule has 1 N–H and O–H groups in total. The van der Waals surface area contributed by atoms with E-state index in [-0.39, 0.29) is 28.8 Å². The minimum atomic E-state index is -0.314. The van der Waals surface area contributed by atoms with Crippen molar-refractivity contribution in [3.8, 4) is 34.5 Å². The summed E-state index contributed by atoms with van der Waals surface area (Å²) in [4.78, 5) is 12.7. The van der Waals surface area contributed by atoms with E-state index in [4.69, 9.17) is 23.7 Å². The fourth-order valence-corrected chi connectivity index (χ4v) is 2.68. The van der Waals surface area contributed by atoms with Gasteiger partial charge in [-0.1, -0.05) is 0 Å². The summed E-state index contributed by atoms with van der Waals surface area (Å²) in [5, 5.41) is 9.99. The summed E-state index contributed by atoms with van der Waals surface area (Å²) in [5.41, 5.74) is 0.899. The van der Waals surface area contributed by atoms with Crippen molar-refractivity contribution in [2.24, 2.45) is 0 Å². The minimum Gasteiger partial charge on any atom is -0.502 e. The van der Waals surface area contributed by atoms with E-state index in [2.05, 4.69) is 0 Å². The Labute approximate surface area is 150 Å². The highest BCUT2D eigenvalue weighted by atomic mass is 16.5. The molecule has 1 aliphatic rings. The van der Waals surface area contributed by atoms with Crippen molar-refractivity contribution < 1.29 is 33.6 Å². The van der Waals surface area contributed by atoms with Gasteiger partial charge in [0.05, 0.1) is 28.4 Å². The van der Waals surface area contributed by atoms with E-state index in [1.807, 2.05) is 0 Å². The van der Waals surface area contributed by atoms with Crippen LogP contribution < -0.4 is 23.7 Å². The summed E-state index contributed by atoms with van der Waals surface area (Å²) >= 11 is 0. The third kappa shape index (κ3) is 2.88. The maximum Gasteiger partial charge on any atom is 0.235 e. The van der Waals surface area contributed by atoms with E-state index in [0.29, 0.717) is 28.4 Å². The Bertz CT molecular complexity index is 874. The van der Waals surface area contributed by atoms with Crippen LogP contribution in [-0.2, 0) is 0 Å². The van der Waals surface area contributed by atoms with Gasteiger partial charge in [-0.05, 0) is 23.8 Å². The maximum atomic E-state index is 12.7. The molecule has 0 atom stereocenters. The molecular formula is C19H18O7. The normalized spacial score (nSPS) is 14.0. The topological polar surface area (TPSA) is 83.5 Å². The second kappa shape index (κ2) is 6.87. The lowest BCUT2D eigenvalue weighted by atomic mass is 10.1. The minimum absolute atomic E-state index is 0.112. The number of methoxy groups -OCH3 is 4. The Morgan fingerprint density at radius 1 is 0.885 bits per heavy atom. The van der Waals surface area contributed by atoms with Gasteiger partial charge in [0.1, 0.15) is 22.8 Å². The molecule has 0 unspecified atom stereocenters. The number of aromatic hydroxyl groups is 1. The van der Waals surface area contributed by atoms with E-state index in [9.17, 15) is 9.90 Å². The molecule has 7 nitrogen and oxygen atoms in total. The molecule has 2 aromatic rings. The van der Waals surface area contributed by atoms with Crippen molar-refractivity contribution in [3.05, 3.63) is 41.2 Å². The Morgan fingerprint density at radius 3 is 2.04 bits per heavy atom. The molecular weight excluding hydrogens is 340 g/mol. The number of allylic oxidation sites excluding steroid dienone is 1. The molecule has 0 aliphatic carbocycles. The Morgan fingerprint density at radius 2 is 1.50 bits per heavy atom. The van der Waals surface area contributed by atoms with Crippen LogP contribution in [0.15, 0.2) is 30.0 Å². The van der Waals surface area contributed by atoms with Gasteiger partial charge >= 0.3 is 0 Å². The first-order valence-corrected chi connectivity index (χ1v) is 7.67. The van der Waals surface area contributed by atoms with Crippen molar-refractivity contribution in [3.63, 3.8) is 0 Å². The van der Waals surface area contributed by atoms with Crippen molar-refractivity contribution in [1.82, 2.24) is 0 Å². The molecule has 3 rings (SSSR count). The van der Waals surface area contributed by atoms with Gasteiger partial charge in [0, 0.05) is 12.1 Å². The predicted octanol–water partition coefficient (Wildman–Crippen LogP) is 3.04. The molecule has 0 saturated heterocycles. The monoisotopic (exact) mass is 358 g/mol. The molecule has 2 aromatic carbocycles. The van der Waals surface area contributed by atoms with Crippen molar-refractivity contribution in [2.45, 2.75) is 0 Å². The summed E-state index contributed by atoms with van der Waals surface area (Å²) in [6.07, 6.45) is 1.54. The fourth-order valence-electron chi connectivity index (χ4n) is 2.68. The molecule has 0 radical (unpaired) electrons.